The van der Waals surface area contributed by atoms with Crippen LogP contribution in [0.4, 0.5) is 0 Å². The molecule has 0 saturated heterocycles. The quantitative estimate of drug-likeness (QED) is 0.846. The Hall–Kier alpha value is -1.34. The van der Waals surface area contributed by atoms with Crippen LogP contribution in [0.15, 0.2) is 16.8 Å². The average molecular weight is 222 g/mol. The third-order valence-corrected chi connectivity index (χ3v) is 2.86. The van der Waals surface area contributed by atoms with Crippen molar-refractivity contribution in [3.63, 3.8) is 0 Å². The molecular weight excluding hydrogens is 208 g/mol. The molecule has 80 valence electrons. The number of thiophene rings is 1. The number of hydrogen-bond donors (Lipinski definition) is 1. The summed E-state index contributed by atoms with van der Waals surface area (Å²) in [6.07, 6.45) is 0.816. The molecule has 0 saturated carbocycles. The second kappa shape index (κ2) is 4.94. The topological polar surface area (TPSA) is 52.9 Å². The van der Waals surface area contributed by atoms with Crippen LogP contribution < -0.4 is 5.32 Å². The molecule has 1 amide bonds. The van der Waals surface area contributed by atoms with E-state index in [9.17, 15) is 4.79 Å². The Morgan fingerprint density at radius 2 is 2.40 bits per heavy atom. The Kier molecular flexibility index (Phi) is 3.87. The van der Waals surface area contributed by atoms with Crippen LogP contribution in [0, 0.1) is 16.7 Å². The number of nitrogens with zero attached hydrogens (tertiary/aromatic N) is 1. The van der Waals surface area contributed by atoms with Crippen molar-refractivity contribution in [2.75, 3.05) is 6.54 Å². The zero-order valence-electron chi connectivity index (χ0n) is 8.91. The number of hydrogen-bond acceptors (Lipinski definition) is 3. The van der Waals surface area contributed by atoms with Gasteiger partial charge in [-0.15, -0.1) is 0 Å². The molecule has 1 heterocycles. The van der Waals surface area contributed by atoms with Crippen LogP contribution in [0.5, 0.6) is 0 Å². The van der Waals surface area contributed by atoms with Gasteiger partial charge >= 0.3 is 0 Å². The molecular formula is C11H14N2OS. The minimum atomic E-state index is -0.936. The predicted molar refractivity (Wildman–Crippen MR) is 60.4 cm³/mol. The summed E-state index contributed by atoms with van der Waals surface area (Å²) >= 11 is 1.64. The Bertz CT molecular complexity index is 362. The molecule has 4 heteroatoms. The highest BCUT2D eigenvalue weighted by Crippen LogP contribution is 2.12. The smallest absolute Gasteiger partial charge is 0.239 e. The molecule has 0 spiro atoms. The van der Waals surface area contributed by atoms with Gasteiger partial charge in [0.25, 0.3) is 0 Å². The van der Waals surface area contributed by atoms with Gasteiger partial charge in [-0.2, -0.15) is 16.6 Å². The molecule has 0 bridgehead atoms. The number of carbonyl (C=O) groups is 1. The molecule has 1 aromatic rings. The van der Waals surface area contributed by atoms with Crippen molar-refractivity contribution in [3.8, 4) is 6.07 Å². The highest BCUT2D eigenvalue weighted by atomic mass is 32.1. The Labute approximate surface area is 93.7 Å². The van der Waals surface area contributed by atoms with Crippen molar-refractivity contribution in [1.82, 2.24) is 5.32 Å². The van der Waals surface area contributed by atoms with E-state index in [1.807, 2.05) is 17.5 Å². The summed E-state index contributed by atoms with van der Waals surface area (Å²) in [5.41, 5.74) is 0.282. The fraction of sp³-hybridized carbons (Fsp3) is 0.455. The van der Waals surface area contributed by atoms with Gasteiger partial charge < -0.3 is 5.32 Å². The van der Waals surface area contributed by atoms with E-state index < -0.39 is 5.41 Å². The van der Waals surface area contributed by atoms with Crippen LogP contribution in [-0.2, 0) is 11.2 Å². The fourth-order valence-corrected chi connectivity index (χ4v) is 1.73. The first kappa shape index (κ1) is 11.7. The zero-order chi connectivity index (χ0) is 11.3. The van der Waals surface area contributed by atoms with E-state index in [4.69, 9.17) is 5.26 Å². The van der Waals surface area contributed by atoms with Gasteiger partial charge in [0, 0.05) is 6.54 Å². The number of carbonyl (C=O) groups excluding carboxylic acids is 1. The second-order valence-electron chi connectivity index (χ2n) is 3.87. The molecule has 0 fully saturated rings. The molecule has 0 unspecified atom stereocenters. The lowest BCUT2D eigenvalue weighted by molar-refractivity contribution is -0.126. The maximum atomic E-state index is 11.5. The van der Waals surface area contributed by atoms with Gasteiger partial charge in [-0.05, 0) is 42.7 Å². The Balaban J connectivity index is 2.33. The van der Waals surface area contributed by atoms with Gasteiger partial charge in [0.05, 0.1) is 6.07 Å². The summed E-state index contributed by atoms with van der Waals surface area (Å²) < 4.78 is 0. The fourth-order valence-electron chi connectivity index (χ4n) is 1.03. The van der Waals surface area contributed by atoms with E-state index in [1.54, 1.807) is 25.2 Å². The monoisotopic (exact) mass is 222 g/mol. The van der Waals surface area contributed by atoms with Crippen LogP contribution >= 0.6 is 11.3 Å². The van der Waals surface area contributed by atoms with Crippen molar-refractivity contribution in [3.05, 3.63) is 22.4 Å². The third kappa shape index (κ3) is 3.37. The number of nitrogens with one attached hydrogen (secondary N) is 1. The van der Waals surface area contributed by atoms with E-state index in [1.165, 1.54) is 5.56 Å². The van der Waals surface area contributed by atoms with Gasteiger partial charge in [0.1, 0.15) is 5.41 Å². The van der Waals surface area contributed by atoms with Crippen LogP contribution in [0.1, 0.15) is 19.4 Å². The van der Waals surface area contributed by atoms with E-state index >= 15 is 0 Å². The highest BCUT2D eigenvalue weighted by molar-refractivity contribution is 7.07. The van der Waals surface area contributed by atoms with Crippen molar-refractivity contribution < 1.29 is 4.79 Å². The van der Waals surface area contributed by atoms with Crippen LogP contribution in [0.3, 0.4) is 0 Å². The van der Waals surface area contributed by atoms with Crippen LogP contribution in [-0.4, -0.2) is 12.5 Å². The van der Waals surface area contributed by atoms with Gasteiger partial charge in [-0.1, -0.05) is 0 Å². The Morgan fingerprint density at radius 3 is 2.93 bits per heavy atom. The maximum absolute atomic E-state index is 11.5. The van der Waals surface area contributed by atoms with Crippen molar-refractivity contribution in [2.24, 2.45) is 5.41 Å². The number of amides is 1. The maximum Gasteiger partial charge on any atom is 0.239 e. The van der Waals surface area contributed by atoms with E-state index in [0.717, 1.165) is 6.42 Å². The average Bonchev–Trinajstić information content (AvgIpc) is 2.70. The first-order valence-corrected chi connectivity index (χ1v) is 5.71. The summed E-state index contributed by atoms with van der Waals surface area (Å²) in [6.45, 7) is 3.82. The van der Waals surface area contributed by atoms with E-state index in [0.29, 0.717) is 6.54 Å². The molecule has 0 aliphatic carbocycles. The van der Waals surface area contributed by atoms with Crippen LogP contribution in [0.25, 0.3) is 0 Å². The largest absolute Gasteiger partial charge is 0.354 e. The lowest BCUT2D eigenvalue weighted by atomic mass is 9.95. The molecule has 3 nitrogen and oxygen atoms in total. The minimum Gasteiger partial charge on any atom is -0.354 e. The molecule has 0 aromatic carbocycles. The van der Waals surface area contributed by atoms with Crippen molar-refractivity contribution >= 4 is 17.2 Å². The molecule has 1 rings (SSSR count). The van der Waals surface area contributed by atoms with Crippen LogP contribution in [0.2, 0.25) is 0 Å². The zero-order valence-corrected chi connectivity index (χ0v) is 9.73. The van der Waals surface area contributed by atoms with E-state index in [-0.39, 0.29) is 5.91 Å². The summed E-state index contributed by atoms with van der Waals surface area (Å²) in [4.78, 5) is 11.5. The van der Waals surface area contributed by atoms with Gasteiger partial charge in [0.2, 0.25) is 5.91 Å². The summed E-state index contributed by atoms with van der Waals surface area (Å²) in [6, 6.07) is 4.01. The second-order valence-corrected chi connectivity index (χ2v) is 4.65. The van der Waals surface area contributed by atoms with Crippen molar-refractivity contribution in [2.45, 2.75) is 20.3 Å². The summed E-state index contributed by atoms with van der Waals surface area (Å²) in [7, 11) is 0. The molecule has 0 atom stereocenters. The van der Waals surface area contributed by atoms with Gasteiger partial charge in [-0.3, -0.25) is 4.79 Å². The molecule has 1 N–H and O–H groups in total. The standard InChI is InChI=1S/C11H14N2OS/c1-11(2,8-12)10(14)13-5-3-9-4-6-15-7-9/h4,6-7H,3,5H2,1-2H3,(H,13,14). The van der Waals surface area contributed by atoms with Gasteiger partial charge in [-0.25, -0.2) is 0 Å². The predicted octanol–water partition coefficient (Wildman–Crippen LogP) is 1.96. The molecule has 0 aliphatic rings. The number of rotatable bonds is 4. The lowest BCUT2D eigenvalue weighted by Gasteiger charge is -2.14. The molecule has 0 radical (unpaired) electrons. The van der Waals surface area contributed by atoms with Crippen molar-refractivity contribution in [1.29, 1.82) is 5.26 Å². The minimum absolute atomic E-state index is 0.208. The first-order valence-electron chi connectivity index (χ1n) is 4.77. The van der Waals surface area contributed by atoms with E-state index in [2.05, 4.69) is 10.7 Å². The first-order chi connectivity index (χ1) is 7.06. The molecule has 15 heavy (non-hydrogen) atoms. The highest BCUT2D eigenvalue weighted by Gasteiger charge is 2.26. The Morgan fingerprint density at radius 1 is 1.67 bits per heavy atom. The lowest BCUT2D eigenvalue weighted by Crippen LogP contribution is -2.36. The third-order valence-electron chi connectivity index (χ3n) is 2.13. The number of nitriles is 1. The molecule has 1 aromatic heterocycles. The van der Waals surface area contributed by atoms with Gasteiger partial charge in [0.15, 0.2) is 0 Å². The normalized spacial score (nSPS) is 10.7. The molecule has 0 aliphatic heterocycles. The summed E-state index contributed by atoms with van der Waals surface area (Å²) in [5, 5.41) is 15.6. The SMILES string of the molecule is CC(C)(C#N)C(=O)NCCc1ccsc1. The summed E-state index contributed by atoms with van der Waals surface area (Å²) in [5.74, 6) is -0.208.